The zero-order valence-corrected chi connectivity index (χ0v) is 13.3. The molecule has 2 atom stereocenters. The second-order valence-corrected chi connectivity index (χ2v) is 6.28. The number of benzene rings is 1. The van der Waals surface area contributed by atoms with Gasteiger partial charge in [-0.05, 0) is 43.7 Å². The highest BCUT2D eigenvalue weighted by atomic mass is 16.5. The largest absolute Gasteiger partial charge is 0.493 e. The molecule has 1 aromatic rings. The fourth-order valence-electron chi connectivity index (χ4n) is 3.89. The molecule has 1 aromatic carbocycles. The predicted molar refractivity (Wildman–Crippen MR) is 85.2 cm³/mol. The molecule has 0 radical (unpaired) electrons. The van der Waals surface area contributed by atoms with Crippen LogP contribution in [0.2, 0.25) is 0 Å². The van der Waals surface area contributed by atoms with Crippen LogP contribution in [0.1, 0.15) is 38.5 Å². The Morgan fingerprint density at radius 2 is 1.86 bits per heavy atom. The van der Waals surface area contributed by atoms with E-state index < -0.39 is 0 Å². The molecule has 2 fully saturated rings. The first kappa shape index (κ1) is 15.2. The van der Waals surface area contributed by atoms with Crippen molar-refractivity contribution < 1.29 is 14.3 Å². The van der Waals surface area contributed by atoms with E-state index in [1.807, 2.05) is 24.3 Å². The Morgan fingerprint density at radius 1 is 1.14 bits per heavy atom. The number of likely N-dealkylation sites (tertiary alicyclic amines) is 1. The highest BCUT2D eigenvalue weighted by molar-refractivity contribution is 5.78. The second-order valence-electron chi connectivity index (χ2n) is 6.28. The van der Waals surface area contributed by atoms with Gasteiger partial charge in [-0.15, -0.1) is 0 Å². The zero-order valence-electron chi connectivity index (χ0n) is 13.3. The molecule has 1 saturated carbocycles. The van der Waals surface area contributed by atoms with Crippen molar-refractivity contribution in [1.82, 2.24) is 4.90 Å². The van der Waals surface area contributed by atoms with E-state index in [-0.39, 0.29) is 12.5 Å². The van der Waals surface area contributed by atoms with Crippen LogP contribution in [0.3, 0.4) is 0 Å². The summed E-state index contributed by atoms with van der Waals surface area (Å²) < 4.78 is 11.0. The van der Waals surface area contributed by atoms with Gasteiger partial charge in [0.05, 0.1) is 7.11 Å². The van der Waals surface area contributed by atoms with Gasteiger partial charge in [-0.1, -0.05) is 25.0 Å². The number of hydrogen-bond donors (Lipinski definition) is 0. The molecule has 4 nitrogen and oxygen atoms in total. The number of nitrogens with zero attached hydrogens (tertiary/aromatic N) is 1. The zero-order chi connectivity index (χ0) is 15.4. The molecule has 0 bridgehead atoms. The molecule has 0 N–H and O–H groups in total. The van der Waals surface area contributed by atoms with E-state index in [4.69, 9.17) is 9.47 Å². The molecule has 0 aromatic heterocycles. The normalized spacial score (nSPS) is 24.5. The third kappa shape index (κ3) is 3.21. The molecule has 2 aliphatic rings. The Kier molecular flexibility index (Phi) is 4.86. The summed E-state index contributed by atoms with van der Waals surface area (Å²) in [6, 6.07) is 7.91. The van der Waals surface area contributed by atoms with Gasteiger partial charge in [-0.25, -0.2) is 0 Å². The highest BCUT2D eigenvalue weighted by Gasteiger charge is 2.35. The van der Waals surface area contributed by atoms with Crippen LogP contribution < -0.4 is 9.47 Å². The Morgan fingerprint density at radius 3 is 2.68 bits per heavy atom. The van der Waals surface area contributed by atoms with Crippen LogP contribution >= 0.6 is 0 Å². The van der Waals surface area contributed by atoms with E-state index in [2.05, 4.69) is 4.90 Å². The lowest BCUT2D eigenvalue weighted by molar-refractivity contribution is -0.139. The Labute approximate surface area is 132 Å². The number of rotatable bonds is 4. The third-order valence-corrected chi connectivity index (χ3v) is 4.98. The minimum atomic E-state index is 0.101. The van der Waals surface area contributed by atoms with Crippen LogP contribution in [-0.4, -0.2) is 37.1 Å². The van der Waals surface area contributed by atoms with Gasteiger partial charge in [0.1, 0.15) is 0 Å². The van der Waals surface area contributed by atoms with Crippen molar-refractivity contribution in [2.45, 2.75) is 44.6 Å². The lowest BCUT2D eigenvalue weighted by Crippen LogP contribution is -2.51. The van der Waals surface area contributed by atoms with Crippen molar-refractivity contribution in [3.8, 4) is 11.5 Å². The van der Waals surface area contributed by atoms with Crippen molar-refractivity contribution in [2.75, 3.05) is 20.3 Å². The number of hydrogen-bond acceptors (Lipinski definition) is 3. The summed E-state index contributed by atoms with van der Waals surface area (Å²) in [7, 11) is 1.61. The topological polar surface area (TPSA) is 38.8 Å². The molecule has 4 heteroatoms. The molecule has 1 aliphatic carbocycles. The Bertz CT molecular complexity index is 515. The van der Waals surface area contributed by atoms with Gasteiger partial charge in [0.25, 0.3) is 5.91 Å². The van der Waals surface area contributed by atoms with Gasteiger partial charge in [0.2, 0.25) is 0 Å². The number of carbonyl (C=O) groups excluding carboxylic acids is 1. The van der Waals surface area contributed by atoms with E-state index in [0.29, 0.717) is 23.5 Å². The summed E-state index contributed by atoms with van der Waals surface area (Å²) in [5.41, 5.74) is 0. The van der Waals surface area contributed by atoms with Crippen molar-refractivity contribution >= 4 is 5.91 Å². The van der Waals surface area contributed by atoms with Crippen molar-refractivity contribution in [3.63, 3.8) is 0 Å². The molecule has 22 heavy (non-hydrogen) atoms. The number of carbonyl (C=O) groups is 1. The Balaban J connectivity index is 1.61. The fourth-order valence-corrected chi connectivity index (χ4v) is 3.89. The monoisotopic (exact) mass is 303 g/mol. The molecule has 3 rings (SSSR count). The van der Waals surface area contributed by atoms with Crippen LogP contribution in [0.15, 0.2) is 24.3 Å². The maximum Gasteiger partial charge on any atom is 0.260 e. The maximum atomic E-state index is 12.6. The molecule has 120 valence electrons. The number of methoxy groups -OCH3 is 1. The quantitative estimate of drug-likeness (QED) is 0.857. The van der Waals surface area contributed by atoms with Gasteiger partial charge in [-0.2, -0.15) is 0 Å². The summed E-state index contributed by atoms with van der Waals surface area (Å²) in [6.07, 6.45) is 7.41. The van der Waals surface area contributed by atoms with Crippen LogP contribution in [0.25, 0.3) is 0 Å². The molecular weight excluding hydrogens is 278 g/mol. The molecule has 1 heterocycles. The maximum absolute atomic E-state index is 12.6. The van der Waals surface area contributed by atoms with Crippen LogP contribution in [0, 0.1) is 5.92 Å². The smallest absolute Gasteiger partial charge is 0.260 e. The minimum absolute atomic E-state index is 0.101. The summed E-state index contributed by atoms with van der Waals surface area (Å²) in [6.45, 7) is 0.985. The average Bonchev–Trinajstić information content (AvgIpc) is 2.59. The number of para-hydroxylation sites is 2. The van der Waals surface area contributed by atoms with Crippen LogP contribution in [0.5, 0.6) is 11.5 Å². The first-order valence-corrected chi connectivity index (χ1v) is 8.35. The number of piperidine rings is 1. The van der Waals surface area contributed by atoms with E-state index in [1.54, 1.807) is 7.11 Å². The first-order valence-electron chi connectivity index (χ1n) is 8.35. The molecular formula is C18H25NO3. The fraction of sp³-hybridized carbons (Fsp3) is 0.611. The van der Waals surface area contributed by atoms with Crippen molar-refractivity contribution in [3.05, 3.63) is 24.3 Å². The SMILES string of the molecule is COc1ccccc1OCC(=O)N1CCCC2CCCCC21. The van der Waals surface area contributed by atoms with Gasteiger partial charge in [0, 0.05) is 12.6 Å². The first-order chi connectivity index (χ1) is 10.8. The van der Waals surface area contributed by atoms with Crippen molar-refractivity contribution in [2.24, 2.45) is 5.92 Å². The second kappa shape index (κ2) is 7.03. The third-order valence-electron chi connectivity index (χ3n) is 4.98. The van der Waals surface area contributed by atoms with E-state index >= 15 is 0 Å². The number of amides is 1. The molecule has 2 unspecified atom stereocenters. The van der Waals surface area contributed by atoms with E-state index in [9.17, 15) is 4.79 Å². The molecule has 1 aliphatic heterocycles. The lowest BCUT2D eigenvalue weighted by atomic mass is 9.78. The summed E-state index contributed by atoms with van der Waals surface area (Å²) >= 11 is 0. The summed E-state index contributed by atoms with van der Waals surface area (Å²) in [5, 5.41) is 0. The average molecular weight is 303 g/mol. The highest BCUT2D eigenvalue weighted by Crippen LogP contribution is 2.35. The Hall–Kier alpha value is -1.71. The minimum Gasteiger partial charge on any atom is -0.493 e. The van der Waals surface area contributed by atoms with Gasteiger partial charge >= 0.3 is 0 Å². The molecule has 1 amide bonds. The standard InChI is InChI=1S/C18H25NO3/c1-21-16-10-4-5-11-17(16)22-13-18(20)19-12-6-8-14-7-2-3-9-15(14)19/h4-5,10-11,14-15H,2-3,6-9,12-13H2,1H3. The summed E-state index contributed by atoms with van der Waals surface area (Å²) in [5.74, 6) is 2.13. The van der Waals surface area contributed by atoms with Crippen molar-refractivity contribution in [1.29, 1.82) is 0 Å². The van der Waals surface area contributed by atoms with Gasteiger partial charge in [-0.3, -0.25) is 4.79 Å². The van der Waals surface area contributed by atoms with Crippen LogP contribution in [0.4, 0.5) is 0 Å². The molecule has 1 saturated heterocycles. The van der Waals surface area contributed by atoms with Crippen LogP contribution in [-0.2, 0) is 4.79 Å². The predicted octanol–water partition coefficient (Wildman–Crippen LogP) is 3.26. The van der Waals surface area contributed by atoms with Gasteiger partial charge < -0.3 is 14.4 Å². The lowest BCUT2D eigenvalue weighted by Gasteiger charge is -2.44. The number of ether oxygens (including phenoxy) is 2. The van der Waals surface area contributed by atoms with Gasteiger partial charge in [0.15, 0.2) is 18.1 Å². The number of fused-ring (bicyclic) bond motifs is 1. The van der Waals surface area contributed by atoms with E-state index in [0.717, 1.165) is 19.4 Å². The van der Waals surface area contributed by atoms with E-state index in [1.165, 1.54) is 25.7 Å². The summed E-state index contributed by atoms with van der Waals surface area (Å²) in [4.78, 5) is 14.7. The molecule has 0 spiro atoms.